The van der Waals surface area contributed by atoms with E-state index in [0.29, 0.717) is 0 Å². The molecule has 0 bridgehead atoms. The zero-order valence-electron chi connectivity index (χ0n) is 11.0. The number of hydrogen-bond donors (Lipinski definition) is 1. The van der Waals surface area contributed by atoms with Crippen molar-refractivity contribution >= 4 is 45.0 Å². The van der Waals surface area contributed by atoms with Crippen molar-refractivity contribution < 1.29 is 5.11 Å². The van der Waals surface area contributed by atoms with Gasteiger partial charge in [-0.25, -0.2) is 4.79 Å². The quantitative estimate of drug-likeness (QED) is 0.673. The van der Waals surface area contributed by atoms with Gasteiger partial charge in [-0.1, -0.05) is 6.07 Å². The third-order valence-electron chi connectivity index (χ3n) is 3.52. The number of halogens is 1. The first-order chi connectivity index (χ1) is 9.49. The van der Waals surface area contributed by atoms with Crippen molar-refractivity contribution in [2.24, 2.45) is 14.1 Å². The molecule has 1 aromatic carbocycles. The van der Waals surface area contributed by atoms with Crippen molar-refractivity contribution in [1.82, 2.24) is 9.13 Å². The van der Waals surface area contributed by atoms with Crippen LogP contribution >= 0.6 is 33.9 Å². The molecule has 0 amide bonds. The summed E-state index contributed by atoms with van der Waals surface area (Å²) in [5, 5.41) is 12.4. The van der Waals surface area contributed by atoms with E-state index in [1.807, 2.05) is 29.6 Å². The van der Waals surface area contributed by atoms with Gasteiger partial charge >= 0.3 is 5.69 Å². The second-order valence-electron chi connectivity index (χ2n) is 4.74. The molecule has 0 saturated carbocycles. The molecule has 1 unspecified atom stereocenters. The summed E-state index contributed by atoms with van der Waals surface area (Å²) in [6.45, 7) is 0. The molecule has 0 aliphatic carbocycles. The number of rotatable bonds is 2. The third kappa shape index (κ3) is 2.11. The molecule has 6 heteroatoms. The van der Waals surface area contributed by atoms with E-state index in [9.17, 15) is 9.90 Å². The van der Waals surface area contributed by atoms with E-state index < -0.39 is 6.10 Å². The van der Waals surface area contributed by atoms with E-state index in [-0.39, 0.29) is 5.69 Å². The second kappa shape index (κ2) is 5.01. The first-order valence-electron chi connectivity index (χ1n) is 6.06. The summed E-state index contributed by atoms with van der Waals surface area (Å²) in [5.41, 5.74) is 3.33. The third-order valence-corrected chi connectivity index (χ3v) is 5.32. The van der Waals surface area contributed by atoms with Gasteiger partial charge in [-0.3, -0.25) is 9.13 Å². The fourth-order valence-corrected chi connectivity index (χ4v) is 3.74. The summed E-state index contributed by atoms with van der Waals surface area (Å²) >= 11 is 3.85. The highest BCUT2D eigenvalue weighted by molar-refractivity contribution is 14.1. The minimum atomic E-state index is -0.658. The Morgan fingerprint density at radius 3 is 2.50 bits per heavy atom. The Balaban J connectivity index is 2.14. The summed E-state index contributed by atoms with van der Waals surface area (Å²) in [6, 6.07) is 7.61. The minimum Gasteiger partial charge on any atom is -0.384 e. The van der Waals surface area contributed by atoms with Crippen LogP contribution in [0.15, 0.2) is 34.4 Å². The maximum Gasteiger partial charge on any atom is 0.328 e. The van der Waals surface area contributed by atoms with Crippen molar-refractivity contribution in [3.8, 4) is 0 Å². The predicted molar refractivity (Wildman–Crippen MR) is 89.3 cm³/mol. The SMILES string of the molecule is Cn1c(=O)n(C)c2cc(C(O)c3csc(I)c3)ccc21. The van der Waals surface area contributed by atoms with E-state index >= 15 is 0 Å². The van der Waals surface area contributed by atoms with Gasteiger partial charge < -0.3 is 5.11 Å². The average molecular weight is 400 g/mol. The highest BCUT2D eigenvalue weighted by atomic mass is 127. The number of aromatic nitrogens is 2. The maximum absolute atomic E-state index is 11.9. The zero-order chi connectivity index (χ0) is 14.4. The largest absolute Gasteiger partial charge is 0.384 e. The maximum atomic E-state index is 11.9. The average Bonchev–Trinajstić information content (AvgIpc) is 2.97. The molecule has 0 aliphatic rings. The molecule has 1 atom stereocenters. The second-order valence-corrected chi connectivity index (χ2v) is 7.54. The first-order valence-corrected chi connectivity index (χ1v) is 8.02. The lowest BCUT2D eigenvalue weighted by Gasteiger charge is -2.09. The molecule has 20 heavy (non-hydrogen) atoms. The smallest absolute Gasteiger partial charge is 0.328 e. The van der Waals surface area contributed by atoms with Crippen LogP contribution in [-0.4, -0.2) is 14.2 Å². The molecule has 2 heterocycles. The Bertz CT molecular complexity index is 847. The number of aliphatic hydroxyl groups is 1. The Labute approximate surface area is 133 Å². The fraction of sp³-hybridized carbons (Fsp3) is 0.214. The van der Waals surface area contributed by atoms with E-state index in [0.717, 1.165) is 25.0 Å². The van der Waals surface area contributed by atoms with Gasteiger partial charge in [0.15, 0.2) is 0 Å². The molecule has 3 rings (SSSR count). The van der Waals surface area contributed by atoms with Crippen LogP contribution < -0.4 is 5.69 Å². The molecule has 4 nitrogen and oxygen atoms in total. The van der Waals surface area contributed by atoms with Gasteiger partial charge in [-0.2, -0.15) is 0 Å². The summed E-state index contributed by atoms with van der Waals surface area (Å²) in [4.78, 5) is 11.9. The standard InChI is InChI=1S/C14H13IN2O2S/c1-16-10-4-3-8(5-11(10)17(2)14(16)19)13(18)9-6-12(15)20-7-9/h3-7,13,18H,1-2H3. The molecular weight excluding hydrogens is 387 g/mol. The number of hydrogen-bond acceptors (Lipinski definition) is 3. The van der Waals surface area contributed by atoms with E-state index in [2.05, 4.69) is 22.6 Å². The monoisotopic (exact) mass is 400 g/mol. The summed E-state index contributed by atoms with van der Waals surface area (Å²) in [5.74, 6) is 0. The molecule has 0 spiro atoms. The van der Waals surface area contributed by atoms with Crippen molar-refractivity contribution in [3.63, 3.8) is 0 Å². The fourth-order valence-electron chi connectivity index (χ4n) is 2.35. The Kier molecular flexibility index (Phi) is 3.47. The lowest BCUT2D eigenvalue weighted by atomic mass is 10.0. The molecule has 3 aromatic rings. The van der Waals surface area contributed by atoms with Gasteiger partial charge in [0, 0.05) is 14.1 Å². The van der Waals surface area contributed by atoms with E-state index in [1.54, 1.807) is 34.6 Å². The van der Waals surface area contributed by atoms with Crippen LogP contribution in [0, 0.1) is 2.88 Å². The minimum absolute atomic E-state index is 0.0586. The molecule has 1 N–H and O–H groups in total. The van der Waals surface area contributed by atoms with Crippen LogP contribution in [-0.2, 0) is 14.1 Å². The van der Waals surface area contributed by atoms with Gasteiger partial charge in [0.05, 0.1) is 13.9 Å². The molecule has 2 aromatic heterocycles. The van der Waals surface area contributed by atoms with Crippen molar-refractivity contribution in [3.05, 3.63) is 54.1 Å². The van der Waals surface area contributed by atoms with Crippen LogP contribution in [0.3, 0.4) is 0 Å². The van der Waals surface area contributed by atoms with E-state index in [1.165, 1.54) is 0 Å². The molecular formula is C14H13IN2O2S. The van der Waals surface area contributed by atoms with Crippen LogP contribution in [0.1, 0.15) is 17.2 Å². The highest BCUT2D eigenvalue weighted by Gasteiger charge is 2.15. The molecule has 104 valence electrons. The number of fused-ring (bicyclic) bond motifs is 1. The number of nitrogens with zero attached hydrogens (tertiary/aromatic N) is 2. The van der Waals surface area contributed by atoms with Gasteiger partial charge in [0.1, 0.15) is 6.10 Å². The number of imidazole rings is 1. The van der Waals surface area contributed by atoms with Crippen molar-refractivity contribution in [1.29, 1.82) is 0 Å². The lowest BCUT2D eigenvalue weighted by Crippen LogP contribution is -2.19. The van der Waals surface area contributed by atoms with Gasteiger partial charge in [0.25, 0.3) is 0 Å². The molecule has 0 aliphatic heterocycles. The normalized spacial score (nSPS) is 13.0. The van der Waals surface area contributed by atoms with Crippen LogP contribution in [0.5, 0.6) is 0 Å². The summed E-state index contributed by atoms with van der Waals surface area (Å²) in [6.07, 6.45) is -0.658. The topological polar surface area (TPSA) is 47.2 Å². The van der Waals surface area contributed by atoms with Crippen LogP contribution in [0.4, 0.5) is 0 Å². The summed E-state index contributed by atoms with van der Waals surface area (Å²) in [7, 11) is 3.50. The van der Waals surface area contributed by atoms with Gasteiger partial charge in [0.2, 0.25) is 0 Å². The van der Waals surface area contributed by atoms with Crippen LogP contribution in [0.25, 0.3) is 11.0 Å². The Morgan fingerprint density at radius 2 is 1.85 bits per heavy atom. The number of aryl methyl sites for hydroxylation is 2. The lowest BCUT2D eigenvalue weighted by molar-refractivity contribution is 0.221. The van der Waals surface area contributed by atoms with Gasteiger partial charge in [-0.15, -0.1) is 11.3 Å². The summed E-state index contributed by atoms with van der Waals surface area (Å²) < 4.78 is 4.35. The highest BCUT2D eigenvalue weighted by Crippen LogP contribution is 2.28. The van der Waals surface area contributed by atoms with Crippen molar-refractivity contribution in [2.45, 2.75) is 6.10 Å². The zero-order valence-corrected chi connectivity index (χ0v) is 14.0. The number of benzene rings is 1. The number of aliphatic hydroxyl groups excluding tert-OH is 1. The molecule has 0 radical (unpaired) electrons. The molecule has 0 fully saturated rings. The van der Waals surface area contributed by atoms with Crippen molar-refractivity contribution in [2.75, 3.05) is 0 Å². The Morgan fingerprint density at radius 1 is 1.15 bits per heavy atom. The Hall–Kier alpha value is -1.12. The predicted octanol–water partition coefficient (Wildman–Crippen LogP) is 2.62. The van der Waals surface area contributed by atoms with Crippen LogP contribution in [0.2, 0.25) is 0 Å². The van der Waals surface area contributed by atoms with Gasteiger partial charge in [-0.05, 0) is 57.3 Å². The van der Waals surface area contributed by atoms with E-state index in [4.69, 9.17) is 0 Å². The molecule has 0 saturated heterocycles. The first kappa shape index (κ1) is 13.8. The number of thiophene rings is 1.